The topological polar surface area (TPSA) is 38.9 Å². The zero-order chi connectivity index (χ0) is 9.14. The quantitative estimate of drug-likeness (QED) is 0.729. The van der Waals surface area contributed by atoms with Crippen LogP contribution in [0.3, 0.4) is 0 Å². The van der Waals surface area contributed by atoms with Crippen LogP contribution in [0, 0.1) is 13.8 Å². The molecule has 0 spiro atoms. The van der Waals surface area contributed by atoms with Crippen molar-refractivity contribution in [1.29, 1.82) is 0 Å². The van der Waals surface area contributed by atoms with Crippen LogP contribution < -0.4 is 5.73 Å². The Morgan fingerprint density at radius 2 is 2.25 bits per heavy atom. The first-order valence-electron chi connectivity index (χ1n) is 3.92. The predicted molar refractivity (Wildman–Crippen MR) is 46.6 cm³/mol. The molecule has 1 heterocycles. The summed E-state index contributed by atoms with van der Waals surface area (Å²) in [6.07, 6.45) is 0.455. The molecule has 1 rings (SSSR count). The minimum Gasteiger partial charge on any atom is -0.327 e. The lowest BCUT2D eigenvalue weighted by atomic mass is 10.1. The molecule has 2 N–H and O–H groups in total. The van der Waals surface area contributed by atoms with Crippen LogP contribution in [-0.4, -0.2) is 11.5 Å². The summed E-state index contributed by atoms with van der Waals surface area (Å²) >= 11 is 0. The number of aromatic nitrogens is 1. The Hall–Kier alpha value is -0.960. The van der Waals surface area contributed by atoms with Gasteiger partial charge in [0.15, 0.2) is 0 Å². The fourth-order valence-corrected chi connectivity index (χ4v) is 0.972. The van der Waals surface area contributed by atoms with Gasteiger partial charge in [-0.1, -0.05) is 0 Å². The summed E-state index contributed by atoms with van der Waals surface area (Å²) in [5.74, 6) is 0. The highest BCUT2D eigenvalue weighted by Gasteiger charge is 2.07. The van der Waals surface area contributed by atoms with Crippen molar-refractivity contribution in [2.45, 2.75) is 20.0 Å². The maximum absolute atomic E-state index is 13.0. The smallest absolute Gasteiger partial charge is 0.139 e. The van der Waals surface area contributed by atoms with Crippen LogP contribution in [0.15, 0.2) is 12.3 Å². The number of rotatable bonds is 2. The molecule has 66 valence electrons. The molecule has 0 amide bonds. The molecule has 0 aliphatic rings. The Kier molecular flexibility index (Phi) is 2.76. The summed E-state index contributed by atoms with van der Waals surface area (Å²) < 4.78 is 13.0. The van der Waals surface area contributed by atoms with Crippen LogP contribution in [0.2, 0.25) is 0 Å². The molecule has 0 aliphatic heterocycles. The number of hydrogen-bond donors (Lipinski definition) is 1. The monoisotopic (exact) mass is 168 g/mol. The predicted octanol–water partition coefficient (Wildman–Crippen LogP) is 1.67. The molecule has 2 nitrogen and oxygen atoms in total. The Balaban J connectivity index is 2.96. The van der Waals surface area contributed by atoms with Gasteiger partial charge >= 0.3 is 0 Å². The molecule has 1 aromatic heterocycles. The average Bonchev–Trinajstić information content (AvgIpc) is 2.08. The second kappa shape index (κ2) is 3.63. The molecule has 1 atom stereocenters. The van der Waals surface area contributed by atoms with Gasteiger partial charge in [-0.15, -0.1) is 0 Å². The molecule has 0 saturated heterocycles. The van der Waals surface area contributed by atoms with E-state index in [4.69, 9.17) is 5.73 Å². The van der Waals surface area contributed by atoms with Gasteiger partial charge in [0.2, 0.25) is 0 Å². The van der Waals surface area contributed by atoms with Crippen LogP contribution >= 0.6 is 0 Å². The van der Waals surface area contributed by atoms with Crippen molar-refractivity contribution >= 4 is 0 Å². The van der Waals surface area contributed by atoms with Gasteiger partial charge in [-0.05, 0) is 25.5 Å². The standard InChI is InChI=1S/C9H13FN2/c1-6-3-8(9(10)4-11)5-12-7(6)2/h3,5,9H,4,11H2,1-2H3. The van der Waals surface area contributed by atoms with Crippen LogP contribution in [0.25, 0.3) is 0 Å². The first kappa shape index (κ1) is 9.13. The summed E-state index contributed by atoms with van der Waals surface area (Å²) in [4.78, 5) is 4.05. The van der Waals surface area contributed by atoms with Crippen LogP contribution in [0.1, 0.15) is 23.0 Å². The number of pyridine rings is 1. The molecule has 0 saturated carbocycles. The Bertz CT molecular complexity index is 273. The van der Waals surface area contributed by atoms with Gasteiger partial charge in [-0.25, -0.2) is 4.39 Å². The minimum atomic E-state index is -1.09. The van der Waals surface area contributed by atoms with E-state index in [9.17, 15) is 4.39 Å². The third kappa shape index (κ3) is 1.80. The van der Waals surface area contributed by atoms with E-state index in [1.807, 2.05) is 13.8 Å². The van der Waals surface area contributed by atoms with Gasteiger partial charge in [-0.3, -0.25) is 4.98 Å². The molecule has 1 aromatic rings. The van der Waals surface area contributed by atoms with E-state index in [0.29, 0.717) is 5.56 Å². The fraction of sp³-hybridized carbons (Fsp3) is 0.444. The zero-order valence-corrected chi connectivity index (χ0v) is 7.34. The van der Waals surface area contributed by atoms with Crippen molar-refractivity contribution in [1.82, 2.24) is 4.98 Å². The lowest BCUT2D eigenvalue weighted by Crippen LogP contribution is -2.08. The number of nitrogens with zero attached hydrogens (tertiary/aromatic N) is 1. The normalized spacial score (nSPS) is 13.0. The second-order valence-corrected chi connectivity index (χ2v) is 2.87. The van der Waals surface area contributed by atoms with Crippen molar-refractivity contribution in [3.63, 3.8) is 0 Å². The highest BCUT2D eigenvalue weighted by molar-refractivity contribution is 5.24. The van der Waals surface area contributed by atoms with Crippen molar-refractivity contribution < 1.29 is 4.39 Å². The van der Waals surface area contributed by atoms with Crippen molar-refractivity contribution in [2.75, 3.05) is 6.54 Å². The maximum atomic E-state index is 13.0. The maximum Gasteiger partial charge on any atom is 0.139 e. The molecule has 0 bridgehead atoms. The van der Waals surface area contributed by atoms with Gasteiger partial charge in [0.05, 0.1) is 0 Å². The third-order valence-electron chi connectivity index (χ3n) is 1.93. The lowest BCUT2D eigenvalue weighted by Gasteiger charge is -2.06. The van der Waals surface area contributed by atoms with Gasteiger partial charge < -0.3 is 5.73 Å². The van der Waals surface area contributed by atoms with Crippen molar-refractivity contribution in [3.8, 4) is 0 Å². The van der Waals surface area contributed by atoms with E-state index in [1.165, 1.54) is 0 Å². The van der Waals surface area contributed by atoms with E-state index in [2.05, 4.69) is 4.98 Å². The zero-order valence-electron chi connectivity index (χ0n) is 7.34. The summed E-state index contributed by atoms with van der Waals surface area (Å²) in [5.41, 5.74) is 7.70. The molecule has 0 aromatic carbocycles. The van der Waals surface area contributed by atoms with Gasteiger partial charge in [0.1, 0.15) is 6.17 Å². The van der Waals surface area contributed by atoms with Crippen molar-refractivity contribution in [2.24, 2.45) is 5.73 Å². The summed E-state index contributed by atoms with van der Waals surface area (Å²) in [6.45, 7) is 3.83. The number of halogens is 1. The van der Waals surface area contributed by atoms with E-state index >= 15 is 0 Å². The second-order valence-electron chi connectivity index (χ2n) is 2.87. The lowest BCUT2D eigenvalue weighted by molar-refractivity contribution is 0.352. The Labute approximate surface area is 71.6 Å². The molecular formula is C9H13FN2. The van der Waals surface area contributed by atoms with Crippen molar-refractivity contribution in [3.05, 3.63) is 29.1 Å². The largest absolute Gasteiger partial charge is 0.327 e. The number of alkyl halides is 1. The molecule has 0 radical (unpaired) electrons. The van der Waals surface area contributed by atoms with E-state index in [-0.39, 0.29) is 6.54 Å². The van der Waals surface area contributed by atoms with Crippen LogP contribution in [0.4, 0.5) is 4.39 Å². The first-order chi connectivity index (χ1) is 5.65. The minimum absolute atomic E-state index is 0.0180. The number of nitrogens with two attached hydrogens (primary N) is 1. The third-order valence-corrected chi connectivity index (χ3v) is 1.93. The molecule has 3 heteroatoms. The highest BCUT2D eigenvalue weighted by Crippen LogP contribution is 2.16. The number of aryl methyl sites for hydroxylation is 2. The summed E-state index contributed by atoms with van der Waals surface area (Å²) in [5, 5.41) is 0. The number of hydrogen-bond acceptors (Lipinski definition) is 2. The first-order valence-corrected chi connectivity index (χ1v) is 3.92. The highest BCUT2D eigenvalue weighted by atomic mass is 19.1. The van der Waals surface area contributed by atoms with E-state index < -0.39 is 6.17 Å². The fourth-order valence-electron chi connectivity index (χ4n) is 0.972. The Morgan fingerprint density at radius 1 is 1.58 bits per heavy atom. The van der Waals surface area contributed by atoms with E-state index in [0.717, 1.165) is 11.3 Å². The Morgan fingerprint density at radius 3 is 2.75 bits per heavy atom. The summed E-state index contributed by atoms with van der Waals surface area (Å²) in [7, 11) is 0. The van der Waals surface area contributed by atoms with Gasteiger partial charge in [0.25, 0.3) is 0 Å². The molecule has 0 fully saturated rings. The average molecular weight is 168 g/mol. The summed E-state index contributed by atoms with van der Waals surface area (Å²) in [6, 6.07) is 1.79. The van der Waals surface area contributed by atoms with Crippen LogP contribution in [-0.2, 0) is 0 Å². The SMILES string of the molecule is Cc1cc(C(F)CN)cnc1C. The van der Waals surface area contributed by atoms with Gasteiger partial charge in [-0.2, -0.15) is 0 Å². The molecule has 0 aliphatic carbocycles. The van der Waals surface area contributed by atoms with Gasteiger partial charge in [0, 0.05) is 24.0 Å². The molecular weight excluding hydrogens is 155 g/mol. The van der Waals surface area contributed by atoms with E-state index in [1.54, 1.807) is 12.3 Å². The molecule has 12 heavy (non-hydrogen) atoms. The molecule has 1 unspecified atom stereocenters. The van der Waals surface area contributed by atoms with Crippen LogP contribution in [0.5, 0.6) is 0 Å².